The summed E-state index contributed by atoms with van der Waals surface area (Å²) in [4.78, 5) is 8.55. The fourth-order valence-electron chi connectivity index (χ4n) is 2.82. The smallest absolute Gasteiger partial charge is 0.186 e. The van der Waals surface area contributed by atoms with Crippen LogP contribution in [0, 0.1) is 18.7 Å². The average molecular weight is 267 g/mol. The Labute approximate surface area is 113 Å². The highest BCUT2D eigenvalue weighted by Gasteiger charge is 2.28. The van der Waals surface area contributed by atoms with E-state index in [0.29, 0.717) is 17.4 Å². The first kappa shape index (κ1) is 14.2. The lowest BCUT2D eigenvalue weighted by atomic mass is 9.85. The highest BCUT2D eigenvalue weighted by molar-refractivity contribution is 5.37. The molecule has 2 rings (SSSR count). The van der Waals surface area contributed by atoms with Crippen LogP contribution in [0.15, 0.2) is 0 Å². The van der Waals surface area contributed by atoms with E-state index < -0.39 is 0 Å². The second kappa shape index (κ2) is 6.28. The topological polar surface area (TPSA) is 47.0 Å². The SMILES string of the molecule is CNc1nc(C(OC)C2CCCCC2)nc(C)c1F. The Morgan fingerprint density at radius 2 is 1.95 bits per heavy atom. The largest absolute Gasteiger partial charge is 0.373 e. The molecule has 0 amide bonds. The number of nitrogens with zero attached hydrogens (tertiary/aromatic N) is 2. The Morgan fingerprint density at radius 3 is 2.53 bits per heavy atom. The van der Waals surface area contributed by atoms with Crippen LogP contribution in [0.3, 0.4) is 0 Å². The number of hydrogen-bond acceptors (Lipinski definition) is 4. The van der Waals surface area contributed by atoms with Gasteiger partial charge in [-0.05, 0) is 25.7 Å². The number of methoxy groups -OCH3 is 1. The molecule has 1 unspecified atom stereocenters. The van der Waals surface area contributed by atoms with Crippen molar-refractivity contribution in [1.82, 2.24) is 9.97 Å². The number of hydrogen-bond donors (Lipinski definition) is 1. The van der Waals surface area contributed by atoms with Gasteiger partial charge in [0.05, 0.1) is 5.69 Å². The van der Waals surface area contributed by atoms with E-state index in [2.05, 4.69) is 15.3 Å². The summed E-state index contributed by atoms with van der Waals surface area (Å²) < 4.78 is 19.4. The van der Waals surface area contributed by atoms with Crippen molar-refractivity contribution in [3.8, 4) is 0 Å². The summed E-state index contributed by atoms with van der Waals surface area (Å²) in [5, 5.41) is 2.78. The molecule has 0 aliphatic heterocycles. The molecule has 106 valence electrons. The van der Waals surface area contributed by atoms with Gasteiger partial charge in [0.2, 0.25) is 0 Å². The number of aryl methyl sites for hydroxylation is 1. The first-order valence-corrected chi connectivity index (χ1v) is 6.92. The van der Waals surface area contributed by atoms with Crippen LogP contribution < -0.4 is 5.32 Å². The van der Waals surface area contributed by atoms with Crippen LogP contribution in [0.25, 0.3) is 0 Å². The van der Waals surface area contributed by atoms with Gasteiger partial charge >= 0.3 is 0 Å². The van der Waals surface area contributed by atoms with Gasteiger partial charge in [0.1, 0.15) is 6.10 Å². The first-order valence-electron chi connectivity index (χ1n) is 6.92. The molecule has 1 N–H and O–H groups in total. The van der Waals surface area contributed by atoms with Gasteiger partial charge in [0, 0.05) is 14.2 Å². The quantitative estimate of drug-likeness (QED) is 0.909. The third-order valence-electron chi connectivity index (χ3n) is 3.86. The average Bonchev–Trinajstić information content (AvgIpc) is 2.44. The van der Waals surface area contributed by atoms with Crippen LogP contribution in [-0.2, 0) is 4.74 Å². The lowest BCUT2D eigenvalue weighted by Gasteiger charge is -2.28. The van der Waals surface area contributed by atoms with E-state index in [1.807, 2.05) is 0 Å². The van der Waals surface area contributed by atoms with Crippen LogP contribution >= 0.6 is 0 Å². The van der Waals surface area contributed by atoms with Gasteiger partial charge in [0.15, 0.2) is 17.5 Å². The van der Waals surface area contributed by atoms with Crippen molar-refractivity contribution in [2.75, 3.05) is 19.5 Å². The van der Waals surface area contributed by atoms with E-state index in [-0.39, 0.29) is 17.7 Å². The lowest BCUT2D eigenvalue weighted by molar-refractivity contribution is 0.0288. The summed E-state index contributed by atoms with van der Waals surface area (Å²) in [6.45, 7) is 1.66. The standard InChI is InChI=1S/C14H22FN3O/c1-9-11(15)13(16-2)18-14(17-9)12(19-3)10-7-5-4-6-8-10/h10,12H,4-8H2,1-3H3,(H,16,17,18). The van der Waals surface area contributed by atoms with Crippen molar-refractivity contribution >= 4 is 5.82 Å². The van der Waals surface area contributed by atoms with Crippen LogP contribution in [0.2, 0.25) is 0 Å². The molecule has 1 aromatic heterocycles. The van der Waals surface area contributed by atoms with E-state index >= 15 is 0 Å². The van der Waals surface area contributed by atoms with E-state index in [0.717, 1.165) is 12.8 Å². The number of anilines is 1. The molecule has 19 heavy (non-hydrogen) atoms. The predicted octanol–water partition coefficient (Wildman–Crippen LogP) is 3.23. The van der Waals surface area contributed by atoms with Gasteiger partial charge in [-0.3, -0.25) is 0 Å². The molecule has 1 heterocycles. The van der Waals surface area contributed by atoms with Crippen LogP contribution in [-0.4, -0.2) is 24.1 Å². The maximum absolute atomic E-state index is 13.8. The van der Waals surface area contributed by atoms with E-state index in [1.54, 1.807) is 21.1 Å². The Bertz CT molecular complexity index is 433. The Hall–Kier alpha value is -1.23. The van der Waals surface area contributed by atoms with Crippen LogP contribution in [0.5, 0.6) is 0 Å². The Balaban J connectivity index is 2.29. The van der Waals surface area contributed by atoms with Gasteiger partial charge in [-0.1, -0.05) is 19.3 Å². The molecule has 1 aliphatic carbocycles. The molecule has 4 nitrogen and oxygen atoms in total. The van der Waals surface area contributed by atoms with Crippen molar-refractivity contribution in [3.63, 3.8) is 0 Å². The van der Waals surface area contributed by atoms with Gasteiger partial charge in [0.25, 0.3) is 0 Å². The minimum absolute atomic E-state index is 0.133. The monoisotopic (exact) mass is 267 g/mol. The fraction of sp³-hybridized carbons (Fsp3) is 0.714. The molecular weight excluding hydrogens is 245 g/mol. The molecule has 1 saturated carbocycles. The lowest BCUT2D eigenvalue weighted by Crippen LogP contribution is -2.21. The number of aromatic nitrogens is 2. The molecule has 1 aromatic rings. The molecule has 1 aliphatic rings. The molecule has 5 heteroatoms. The summed E-state index contributed by atoms with van der Waals surface area (Å²) >= 11 is 0. The van der Waals surface area contributed by atoms with Crippen molar-refractivity contribution in [3.05, 3.63) is 17.3 Å². The highest BCUT2D eigenvalue weighted by Crippen LogP contribution is 2.35. The first-order chi connectivity index (χ1) is 9.17. The van der Waals surface area contributed by atoms with Crippen LogP contribution in [0.4, 0.5) is 10.2 Å². The number of nitrogens with one attached hydrogen (secondary N) is 1. The number of rotatable bonds is 4. The number of halogens is 1. The maximum Gasteiger partial charge on any atom is 0.186 e. The number of ether oxygens (including phenoxy) is 1. The zero-order valence-electron chi connectivity index (χ0n) is 11.9. The molecule has 0 saturated heterocycles. The molecule has 0 spiro atoms. The second-order valence-corrected chi connectivity index (χ2v) is 5.13. The molecule has 0 radical (unpaired) electrons. The van der Waals surface area contributed by atoms with Crippen molar-refractivity contribution in [2.45, 2.75) is 45.1 Å². The van der Waals surface area contributed by atoms with Crippen molar-refractivity contribution in [2.24, 2.45) is 5.92 Å². The summed E-state index contributed by atoms with van der Waals surface area (Å²) in [5.74, 6) is 0.899. The fourth-order valence-corrected chi connectivity index (χ4v) is 2.82. The molecule has 0 aromatic carbocycles. The summed E-state index contributed by atoms with van der Waals surface area (Å²) in [5.41, 5.74) is 0.368. The molecule has 0 bridgehead atoms. The van der Waals surface area contributed by atoms with E-state index in [1.165, 1.54) is 19.3 Å². The van der Waals surface area contributed by atoms with E-state index in [4.69, 9.17) is 4.74 Å². The predicted molar refractivity (Wildman–Crippen MR) is 72.6 cm³/mol. The zero-order valence-corrected chi connectivity index (χ0v) is 11.9. The Kier molecular flexibility index (Phi) is 4.69. The zero-order chi connectivity index (χ0) is 13.8. The summed E-state index contributed by atoms with van der Waals surface area (Å²) in [6.07, 6.45) is 5.87. The van der Waals surface area contributed by atoms with Crippen molar-refractivity contribution < 1.29 is 9.13 Å². The summed E-state index contributed by atoms with van der Waals surface area (Å²) in [6, 6.07) is 0. The molecule has 1 fully saturated rings. The Morgan fingerprint density at radius 1 is 1.26 bits per heavy atom. The third-order valence-corrected chi connectivity index (χ3v) is 3.86. The maximum atomic E-state index is 13.8. The molecular formula is C14H22FN3O. The van der Waals surface area contributed by atoms with Gasteiger partial charge in [-0.25, -0.2) is 14.4 Å². The minimum atomic E-state index is -0.384. The van der Waals surface area contributed by atoms with Gasteiger partial charge in [-0.2, -0.15) is 0 Å². The van der Waals surface area contributed by atoms with E-state index in [9.17, 15) is 4.39 Å². The minimum Gasteiger partial charge on any atom is -0.373 e. The normalized spacial score (nSPS) is 18.3. The third kappa shape index (κ3) is 3.03. The summed E-state index contributed by atoms with van der Waals surface area (Å²) in [7, 11) is 3.34. The van der Waals surface area contributed by atoms with Gasteiger partial charge in [-0.15, -0.1) is 0 Å². The van der Waals surface area contributed by atoms with Crippen molar-refractivity contribution in [1.29, 1.82) is 0 Å². The second-order valence-electron chi connectivity index (χ2n) is 5.13. The van der Waals surface area contributed by atoms with Gasteiger partial charge < -0.3 is 10.1 Å². The van der Waals surface area contributed by atoms with Crippen LogP contribution in [0.1, 0.15) is 49.7 Å². The molecule has 1 atom stereocenters. The highest BCUT2D eigenvalue weighted by atomic mass is 19.1.